The van der Waals surface area contributed by atoms with Crippen LogP contribution in [0.4, 0.5) is 0 Å². The highest BCUT2D eigenvalue weighted by molar-refractivity contribution is 5.36. The predicted molar refractivity (Wildman–Crippen MR) is 102 cm³/mol. The standard InChI is InChI=1S/C10H13NO.C9H21NO4/c1-12-10-3-2-9-7-11-5-4-8(9)6-10;1-11-4-5-13-8-9-14-7-6-12-3-2-10/h2-3,6,11H,4-5,7H2,1H3;2-10H2,1H3. The predicted octanol–water partition coefficient (Wildman–Crippen LogP) is 0.982. The molecule has 26 heavy (non-hydrogen) atoms. The number of ether oxygens (including phenoxy) is 5. The van der Waals surface area contributed by atoms with Crippen molar-refractivity contribution in [1.29, 1.82) is 0 Å². The van der Waals surface area contributed by atoms with E-state index in [1.165, 1.54) is 11.1 Å². The summed E-state index contributed by atoms with van der Waals surface area (Å²) in [6, 6.07) is 6.29. The summed E-state index contributed by atoms with van der Waals surface area (Å²) >= 11 is 0. The van der Waals surface area contributed by atoms with Crippen LogP contribution >= 0.6 is 0 Å². The van der Waals surface area contributed by atoms with E-state index in [0.717, 1.165) is 25.3 Å². The summed E-state index contributed by atoms with van der Waals surface area (Å²) in [5.74, 6) is 0.968. The first kappa shape index (κ1) is 22.8. The fraction of sp³-hybridized carbons (Fsp3) is 0.684. The van der Waals surface area contributed by atoms with E-state index in [-0.39, 0.29) is 0 Å². The topological polar surface area (TPSA) is 84.2 Å². The summed E-state index contributed by atoms with van der Waals surface area (Å²) < 4.78 is 25.5. The molecule has 7 heteroatoms. The highest BCUT2D eigenvalue weighted by atomic mass is 16.6. The molecule has 3 N–H and O–H groups in total. The van der Waals surface area contributed by atoms with Crippen LogP contribution in [0.5, 0.6) is 5.75 Å². The SMILES string of the molecule is COCCOCCOCCOCCN.COc1ccc2c(c1)CCNC2. The third-order valence-corrected chi connectivity index (χ3v) is 3.74. The lowest BCUT2D eigenvalue weighted by Crippen LogP contribution is -2.23. The lowest BCUT2D eigenvalue weighted by molar-refractivity contribution is 0.00468. The summed E-state index contributed by atoms with van der Waals surface area (Å²) in [5.41, 5.74) is 8.07. The normalized spacial score (nSPS) is 12.9. The molecule has 0 atom stereocenters. The van der Waals surface area contributed by atoms with Crippen molar-refractivity contribution < 1.29 is 23.7 Å². The van der Waals surface area contributed by atoms with Gasteiger partial charge in [-0.05, 0) is 36.2 Å². The van der Waals surface area contributed by atoms with Gasteiger partial charge in [-0.2, -0.15) is 0 Å². The molecule has 1 aliphatic heterocycles. The van der Waals surface area contributed by atoms with Crippen molar-refractivity contribution in [3.8, 4) is 5.75 Å². The van der Waals surface area contributed by atoms with Gasteiger partial charge in [-0.3, -0.25) is 0 Å². The summed E-state index contributed by atoms with van der Waals surface area (Å²) in [5, 5.41) is 3.34. The van der Waals surface area contributed by atoms with E-state index in [0.29, 0.717) is 52.8 Å². The molecule has 1 aliphatic rings. The van der Waals surface area contributed by atoms with Crippen molar-refractivity contribution >= 4 is 0 Å². The Morgan fingerprint density at radius 3 is 2.15 bits per heavy atom. The van der Waals surface area contributed by atoms with Crippen molar-refractivity contribution in [1.82, 2.24) is 5.32 Å². The first-order chi connectivity index (χ1) is 12.8. The van der Waals surface area contributed by atoms with Gasteiger partial charge in [-0.25, -0.2) is 0 Å². The zero-order chi connectivity index (χ0) is 18.9. The summed E-state index contributed by atoms with van der Waals surface area (Å²) in [4.78, 5) is 0. The quantitative estimate of drug-likeness (QED) is 0.531. The number of hydrogen-bond donors (Lipinski definition) is 2. The molecular weight excluding hydrogens is 336 g/mol. The lowest BCUT2D eigenvalue weighted by atomic mass is 10.0. The van der Waals surface area contributed by atoms with Gasteiger partial charge in [0.2, 0.25) is 0 Å². The van der Waals surface area contributed by atoms with E-state index >= 15 is 0 Å². The van der Waals surface area contributed by atoms with E-state index < -0.39 is 0 Å². The number of methoxy groups -OCH3 is 2. The van der Waals surface area contributed by atoms with Crippen LogP contribution in [0.1, 0.15) is 11.1 Å². The average Bonchev–Trinajstić information content (AvgIpc) is 2.69. The fourth-order valence-corrected chi connectivity index (χ4v) is 2.35. The summed E-state index contributed by atoms with van der Waals surface area (Å²) in [6.07, 6.45) is 1.12. The maximum Gasteiger partial charge on any atom is 0.119 e. The monoisotopic (exact) mass is 370 g/mol. The Morgan fingerprint density at radius 2 is 1.54 bits per heavy atom. The van der Waals surface area contributed by atoms with E-state index in [4.69, 9.17) is 29.4 Å². The molecule has 2 rings (SSSR count). The molecule has 7 nitrogen and oxygen atoms in total. The average molecular weight is 370 g/mol. The van der Waals surface area contributed by atoms with Gasteiger partial charge in [0.15, 0.2) is 0 Å². The van der Waals surface area contributed by atoms with Crippen molar-refractivity contribution in [2.75, 3.05) is 73.6 Å². The highest BCUT2D eigenvalue weighted by Crippen LogP contribution is 2.19. The van der Waals surface area contributed by atoms with Gasteiger partial charge in [0.25, 0.3) is 0 Å². The number of fused-ring (bicyclic) bond motifs is 1. The van der Waals surface area contributed by atoms with Gasteiger partial charge in [-0.1, -0.05) is 6.07 Å². The molecule has 0 aliphatic carbocycles. The number of rotatable bonds is 12. The van der Waals surface area contributed by atoms with Gasteiger partial charge in [0.05, 0.1) is 53.4 Å². The minimum Gasteiger partial charge on any atom is -0.497 e. The van der Waals surface area contributed by atoms with Crippen LogP contribution in [-0.4, -0.2) is 73.6 Å². The van der Waals surface area contributed by atoms with Gasteiger partial charge >= 0.3 is 0 Å². The van der Waals surface area contributed by atoms with Crippen molar-refractivity contribution in [3.05, 3.63) is 29.3 Å². The molecule has 0 unspecified atom stereocenters. The van der Waals surface area contributed by atoms with Gasteiger partial charge < -0.3 is 34.7 Å². The molecule has 0 aromatic heterocycles. The van der Waals surface area contributed by atoms with E-state index in [9.17, 15) is 0 Å². The van der Waals surface area contributed by atoms with Crippen molar-refractivity contribution in [3.63, 3.8) is 0 Å². The molecule has 0 spiro atoms. The number of nitrogens with two attached hydrogens (primary N) is 1. The second-order valence-corrected chi connectivity index (χ2v) is 5.68. The Hall–Kier alpha value is -1.22. The second kappa shape index (κ2) is 16.0. The molecule has 0 bridgehead atoms. The highest BCUT2D eigenvalue weighted by Gasteiger charge is 2.08. The smallest absolute Gasteiger partial charge is 0.119 e. The Labute approximate surface area is 157 Å². The molecule has 150 valence electrons. The Bertz CT molecular complexity index is 448. The molecule has 1 heterocycles. The van der Waals surface area contributed by atoms with Crippen LogP contribution in [0.15, 0.2) is 18.2 Å². The molecule has 1 aromatic carbocycles. The minimum absolute atomic E-state index is 0.556. The summed E-state index contributed by atoms with van der Waals surface area (Å²) in [7, 11) is 3.36. The molecular formula is C19H34N2O5. The molecule has 0 saturated carbocycles. The van der Waals surface area contributed by atoms with Crippen molar-refractivity contribution in [2.45, 2.75) is 13.0 Å². The molecule has 1 aromatic rings. The van der Waals surface area contributed by atoms with E-state index in [1.807, 2.05) is 6.07 Å². The van der Waals surface area contributed by atoms with E-state index in [2.05, 4.69) is 17.4 Å². The molecule has 0 fully saturated rings. The van der Waals surface area contributed by atoms with Crippen molar-refractivity contribution in [2.24, 2.45) is 5.73 Å². The second-order valence-electron chi connectivity index (χ2n) is 5.68. The van der Waals surface area contributed by atoms with Crippen LogP contribution in [-0.2, 0) is 31.9 Å². The number of hydrogen-bond acceptors (Lipinski definition) is 7. The van der Waals surface area contributed by atoms with Crippen LogP contribution in [0.25, 0.3) is 0 Å². The Balaban J connectivity index is 0.000000262. The zero-order valence-electron chi connectivity index (χ0n) is 16.1. The molecule has 0 saturated heterocycles. The van der Waals surface area contributed by atoms with Crippen LogP contribution in [0, 0.1) is 0 Å². The lowest BCUT2D eigenvalue weighted by Gasteiger charge is -2.17. The minimum atomic E-state index is 0.556. The number of nitrogens with one attached hydrogen (secondary N) is 1. The summed E-state index contributed by atoms with van der Waals surface area (Å²) in [6.45, 7) is 6.84. The zero-order valence-corrected chi connectivity index (χ0v) is 16.1. The Kier molecular flexibility index (Phi) is 14.0. The maximum absolute atomic E-state index is 5.24. The maximum atomic E-state index is 5.24. The third kappa shape index (κ3) is 10.7. The van der Waals surface area contributed by atoms with E-state index in [1.54, 1.807) is 14.2 Å². The van der Waals surface area contributed by atoms with Gasteiger partial charge in [0, 0.05) is 20.2 Å². The van der Waals surface area contributed by atoms with Crippen LogP contribution in [0.3, 0.4) is 0 Å². The first-order valence-corrected chi connectivity index (χ1v) is 9.10. The first-order valence-electron chi connectivity index (χ1n) is 9.10. The Morgan fingerprint density at radius 1 is 0.885 bits per heavy atom. The largest absolute Gasteiger partial charge is 0.497 e. The van der Waals surface area contributed by atoms with Gasteiger partial charge in [-0.15, -0.1) is 0 Å². The van der Waals surface area contributed by atoms with Crippen LogP contribution in [0.2, 0.25) is 0 Å². The van der Waals surface area contributed by atoms with Gasteiger partial charge in [0.1, 0.15) is 5.75 Å². The number of benzene rings is 1. The van der Waals surface area contributed by atoms with Crippen LogP contribution < -0.4 is 15.8 Å². The fourth-order valence-electron chi connectivity index (χ4n) is 2.35. The molecule has 0 radical (unpaired) electrons. The third-order valence-electron chi connectivity index (χ3n) is 3.74. The molecule has 0 amide bonds.